The molecule has 0 amide bonds. The van der Waals surface area contributed by atoms with Gasteiger partial charge < -0.3 is 10.2 Å². The molecule has 0 aromatic heterocycles. The maximum Gasteiger partial charge on any atom is 0.0198 e. The van der Waals surface area contributed by atoms with E-state index < -0.39 is 0 Å². The Morgan fingerprint density at radius 1 is 1.00 bits per heavy atom. The van der Waals surface area contributed by atoms with Gasteiger partial charge in [0.1, 0.15) is 0 Å². The van der Waals surface area contributed by atoms with Crippen molar-refractivity contribution in [1.29, 1.82) is 0 Å². The molecule has 0 spiro atoms. The van der Waals surface area contributed by atoms with E-state index in [1.807, 2.05) is 0 Å². The Morgan fingerprint density at radius 3 is 2.59 bits per heavy atom. The minimum absolute atomic E-state index is 0.800. The molecule has 3 fully saturated rings. The molecule has 1 saturated carbocycles. The van der Waals surface area contributed by atoms with Crippen LogP contribution in [-0.4, -0.2) is 48.1 Å². The average Bonchev–Trinajstić information content (AvgIpc) is 3.15. The van der Waals surface area contributed by atoms with E-state index >= 15 is 0 Å². The van der Waals surface area contributed by atoms with Crippen molar-refractivity contribution < 1.29 is 0 Å². The molecule has 2 aliphatic heterocycles. The lowest BCUT2D eigenvalue weighted by molar-refractivity contribution is 0.161. The standard InChI is InChI=1S/C14H26N2S/c1-2-14(15-13-3-4-13)11-16(7-1)10-12-5-8-17-9-6-12/h12-15H,1-11H2. The predicted molar refractivity (Wildman–Crippen MR) is 75.7 cm³/mol. The normalized spacial score (nSPS) is 32.8. The third kappa shape index (κ3) is 3.87. The van der Waals surface area contributed by atoms with Crippen LogP contribution in [0, 0.1) is 5.92 Å². The molecule has 3 heteroatoms. The van der Waals surface area contributed by atoms with Gasteiger partial charge in [-0.15, -0.1) is 0 Å². The summed E-state index contributed by atoms with van der Waals surface area (Å²) in [5, 5.41) is 3.81. The van der Waals surface area contributed by atoms with Gasteiger partial charge in [0.15, 0.2) is 0 Å². The van der Waals surface area contributed by atoms with Crippen molar-refractivity contribution in [1.82, 2.24) is 10.2 Å². The Hall–Kier alpha value is 0.270. The van der Waals surface area contributed by atoms with Crippen molar-refractivity contribution in [2.24, 2.45) is 5.92 Å². The summed E-state index contributed by atoms with van der Waals surface area (Å²) in [6.45, 7) is 4.05. The highest BCUT2D eigenvalue weighted by Crippen LogP contribution is 2.25. The fourth-order valence-electron chi connectivity index (χ4n) is 3.23. The van der Waals surface area contributed by atoms with Gasteiger partial charge in [-0.05, 0) is 62.5 Å². The molecular formula is C14H26N2S. The number of likely N-dealkylation sites (tertiary alicyclic amines) is 1. The van der Waals surface area contributed by atoms with Crippen LogP contribution in [0.25, 0.3) is 0 Å². The van der Waals surface area contributed by atoms with E-state index in [1.54, 1.807) is 0 Å². The molecule has 1 unspecified atom stereocenters. The Labute approximate surface area is 110 Å². The first-order valence-corrected chi connectivity index (χ1v) is 8.62. The van der Waals surface area contributed by atoms with Crippen LogP contribution in [0.4, 0.5) is 0 Å². The topological polar surface area (TPSA) is 15.3 Å². The van der Waals surface area contributed by atoms with Crippen molar-refractivity contribution in [2.45, 2.75) is 50.6 Å². The molecule has 17 heavy (non-hydrogen) atoms. The molecule has 0 bridgehead atoms. The summed E-state index contributed by atoms with van der Waals surface area (Å²) in [7, 11) is 0. The number of hydrogen-bond acceptors (Lipinski definition) is 3. The number of nitrogens with zero attached hydrogens (tertiary/aromatic N) is 1. The van der Waals surface area contributed by atoms with Crippen LogP contribution in [-0.2, 0) is 0 Å². The molecule has 3 rings (SSSR count). The van der Waals surface area contributed by atoms with Crippen LogP contribution in [0.15, 0.2) is 0 Å². The minimum Gasteiger partial charge on any atom is -0.310 e. The zero-order chi connectivity index (χ0) is 11.5. The van der Waals surface area contributed by atoms with E-state index in [2.05, 4.69) is 22.0 Å². The van der Waals surface area contributed by atoms with Crippen molar-refractivity contribution in [3.8, 4) is 0 Å². The lowest BCUT2D eigenvalue weighted by Gasteiger charge is -2.36. The molecule has 98 valence electrons. The molecule has 0 aromatic rings. The SMILES string of the molecule is C1CC(NC2CC2)CN(CC2CCSCC2)C1. The third-order valence-corrected chi connectivity index (χ3v) is 5.46. The second-order valence-electron chi connectivity index (χ2n) is 6.10. The van der Waals surface area contributed by atoms with Crippen molar-refractivity contribution in [2.75, 3.05) is 31.1 Å². The highest BCUT2D eigenvalue weighted by Gasteiger charge is 2.28. The Morgan fingerprint density at radius 2 is 1.82 bits per heavy atom. The van der Waals surface area contributed by atoms with Crippen LogP contribution in [0.3, 0.4) is 0 Å². The predicted octanol–water partition coefficient (Wildman–Crippen LogP) is 2.35. The minimum atomic E-state index is 0.800. The summed E-state index contributed by atoms with van der Waals surface area (Å²) in [5.74, 6) is 3.81. The first-order valence-electron chi connectivity index (χ1n) is 7.46. The number of hydrogen-bond donors (Lipinski definition) is 1. The molecule has 1 aliphatic carbocycles. The second kappa shape index (κ2) is 5.94. The quantitative estimate of drug-likeness (QED) is 0.829. The summed E-state index contributed by atoms with van der Waals surface area (Å²) in [4.78, 5) is 2.74. The second-order valence-corrected chi connectivity index (χ2v) is 7.32. The maximum absolute atomic E-state index is 3.81. The molecule has 0 aromatic carbocycles. The van der Waals surface area contributed by atoms with Crippen LogP contribution >= 0.6 is 11.8 Å². The fourth-order valence-corrected chi connectivity index (χ4v) is 4.44. The van der Waals surface area contributed by atoms with E-state index in [0.717, 1.165) is 18.0 Å². The van der Waals surface area contributed by atoms with Gasteiger partial charge in [0.05, 0.1) is 0 Å². The van der Waals surface area contributed by atoms with E-state index in [4.69, 9.17) is 0 Å². The van der Waals surface area contributed by atoms with E-state index in [9.17, 15) is 0 Å². The average molecular weight is 254 g/mol. The number of piperidine rings is 1. The fraction of sp³-hybridized carbons (Fsp3) is 1.00. The van der Waals surface area contributed by atoms with E-state index in [-0.39, 0.29) is 0 Å². The van der Waals surface area contributed by atoms with Gasteiger partial charge in [-0.1, -0.05) is 0 Å². The summed E-state index contributed by atoms with van der Waals surface area (Å²) in [6, 6.07) is 1.68. The lowest BCUT2D eigenvalue weighted by Crippen LogP contribution is -2.47. The van der Waals surface area contributed by atoms with Crippen molar-refractivity contribution in [3.63, 3.8) is 0 Å². The molecular weight excluding hydrogens is 228 g/mol. The number of thioether (sulfide) groups is 1. The number of nitrogens with one attached hydrogen (secondary N) is 1. The molecule has 2 nitrogen and oxygen atoms in total. The summed E-state index contributed by atoms with van der Waals surface area (Å²) in [6.07, 6.45) is 8.59. The maximum atomic E-state index is 3.81. The first kappa shape index (κ1) is 12.3. The Balaban J connectivity index is 1.42. The molecule has 2 heterocycles. The van der Waals surface area contributed by atoms with Gasteiger partial charge in [-0.25, -0.2) is 0 Å². The molecule has 1 N–H and O–H groups in total. The smallest absolute Gasteiger partial charge is 0.0198 e. The van der Waals surface area contributed by atoms with Gasteiger partial charge in [-0.3, -0.25) is 0 Å². The molecule has 2 saturated heterocycles. The summed E-state index contributed by atoms with van der Waals surface area (Å²) >= 11 is 2.15. The number of rotatable bonds is 4. The van der Waals surface area contributed by atoms with Crippen LogP contribution in [0.1, 0.15) is 38.5 Å². The lowest BCUT2D eigenvalue weighted by atomic mass is 9.99. The van der Waals surface area contributed by atoms with Gasteiger partial charge >= 0.3 is 0 Å². The highest BCUT2D eigenvalue weighted by atomic mass is 32.2. The summed E-state index contributed by atoms with van der Waals surface area (Å²) < 4.78 is 0. The van der Waals surface area contributed by atoms with Crippen molar-refractivity contribution in [3.05, 3.63) is 0 Å². The first-order chi connectivity index (χ1) is 8.40. The van der Waals surface area contributed by atoms with E-state index in [1.165, 1.54) is 69.7 Å². The van der Waals surface area contributed by atoms with Gasteiger partial charge in [-0.2, -0.15) is 11.8 Å². The largest absolute Gasteiger partial charge is 0.310 e. The summed E-state index contributed by atoms with van der Waals surface area (Å²) in [5.41, 5.74) is 0. The van der Waals surface area contributed by atoms with Gasteiger partial charge in [0.2, 0.25) is 0 Å². The van der Waals surface area contributed by atoms with Gasteiger partial charge in [0.25, 0.3) is 0 Å². The zero-order valence-electron chi connectivity index (χ0n) is 10.9. The zero-order valence-corrected chi connectivity index (χ0v) is 11.7. The molecule has 0 radical (unpaired) electrons. The van der Waals surface area contributed by atoms with Crippen molar-refractivity contribution >= 4 is 11.8 Å². The molecule has 1 atom stereocenters. The van der Waals surface area contributed by atoms with Gasteiger partial charge in [0, 0.05) is 25.2 Å². The van der Waals surface area contributed by atoms with Crippen LogP contribution in [0.5, 0.6) is 0 Å². The molecule has 3 aliphatic rings. The van der Waals surface area contributed by atoms with Crippen LogP contribution in [0.2, 0.25) is 0 Å². The highest BCUT2D eigenvalue weighted by molar-refractivity contribution is 7.99. The van der Waals surface area contributed by atoms with Crippen LogP contribution < -0.4 is 5.32 Å². The third-order valence-electron chi connectivity index (χ3n) is 4.41. The van der Waals surface area contributed by atoms with E-state index in [0.29, 0.717) is 0 Å². The Bertz CT molecular complexity index is 236. The Kier molecular flexibility index (Phi) is 4.30. The monoisotopic (exact) mass is 254 g/mol.